The number of hydrogen-bond donors (Lipinski definition) is 9. The van der Waals surface area contributed by atoms with Crippen molar-refractivity contribution in [3.63, 3.8) is 0 Å². The van der Waals surface area contributed by atoms with Gasteiger partial charge in [-0.1, -0.05) is 248 Å². The summed E-state index contributed by atoms with van der Waals surface area (Å²) in [5, 5.41) is 87.2. The first kappa shape index (κ1) is 72.8. The third-order valence-electron chi connectivity index (χ3n) is 15.5. The lowest BCUT2D eigenvalue weighted by Crippen LogP contribution is -2.65. The van der Waals surface area contributed by atoms with Crippen molar-refractivity contribution in [1.29, 1.82) is 0 Å². The molecule has 0 radical (unpaired) electrons. The molecule has 0 aliphatic carbocycles. The predicted octanol–water partition coefficient (Wildman–Crippen LogP) is 11.7. The maximum absolute atomic E-state index is 13.3. The number of hydrogen-bond acceptors (Lipinski definition) is 13. The zero-order valence-corrected chi connectivity index (χ0v) is 49.6. The molecule has 460 valence electrons. The highest BCUT2D eigenvalue weighted by Gasteiger charge is 2.51. The first-order valence-electron chi connectivity index (χ1n) is 32.0. The van der Waals surface area contributed by atoms with E-state index >= 15 is 0 Å². The van der Waals surface area contributed by atoms with Crippen LogP contribution in [0.2, 0.25) is 0 Å². The number of ether oxygens (including phenoxy) is 4. The molecule has 9 N–H and O–H groups in total. The smallest absolute Gasteiger partial charge is 0.220 e. The fraction of sp³-hybridized carbons (Fsp3) is 0.831. The average Bonchev–Trinajstić information content (AvgIpc) is 3.47. The minimum absolute atomic E-state index is 0.253. The first-order chi connectivity index (χ1) is 38.6. The Labute approximate surface area is 479 Å². The normalized spacial score (nSPS) is 24.8. The summed E-state index contributed by atoms with van der Waals surface area (Å²) < 4.78 is 22.8. The summed E-state index contributed by atoms with van der Waals surface area (Å²) in [6, 6.07) is -0.926. The molecule has 2 aliphatic heterocycles. The molecule has 1 amide bonds. The quantitative estimate of drug-likeness (QED) is 0.0204. The summed E-state index contributed by atoms with van der Waals surface area (Å²) in [6.07, 6.45) is 48.3. The van der Waals surface area contributed by atoms with Gasteiger partial charge in [0, 0.05) is 6.42 Å². The van der Waals surface area contributed by atoms with Crippen LogP contribution in [0.4, 0.5) is 0 Å². The van der Waals surface area contributed by atoms with E-state index < -0.39 is 86.8 Å². The van der Waals surface area contributed by atoms with Crippen molar-refractivity contribution >= 4 is 5.91 Å². The fourth-order valence-corrected chi connectivity index (χ4v) is 10.3. The largest absolute Gasteiger partial charge is 0.394 e. The number of allylic oxidation sites excluding steroid dienone is 9. The molecule has 14 heteroatoms. The highest BCUT2D eigenvalue weighted by Crippen LogP contribution is 2.30. The number of carbonyl (C=O) groups is 1. The molecular weight excluding hydrogens is 1000 g/mol. The molecule has 2 saturated heterocycles. The van der Waals surface area contributed by atoms with E-state index in [0.717, 1.165) is 83.5 Å². The zero-order valence-electron chi connectivity index (χ0n) is 49.6. The fourth-order valence-electron chi connectivity index (χ4n) is 10.3. The Balaban J connectivity index is 1.73. The Morgan fingerprint density at radius 3 is 1.34 bits per heavy atom. The van der Waals surface area contributed by atoms with Crippen LogP contribution < -0.4 is 5.32 Å². The highest BCUT2D eigenvalue weighted by molar-refractivity contribution is 5.76. The number of aliphatic hydroxyl groups is 8. The van der Waals surface area contributed by atoms with Gasteiger partial charge in [0.15, 0.2) is 12.6 Å². The molecule has 12 unspecified atom stereocenters. The third-order valence-corrected chi connectivity index (χ3v) is 15.5. The van der Waals surface area contributed by atoms with E-state index in [4.69, 9.17) is 18.9 Å². The summed E-state index contributed by atoms with van der Waals surface area (Å²) in [5.74, 6) is -0.253. The van der Waals surface area contributed by atoms with Crippen LogP contribution in [0, 0.1) is 0 Å². The molecule has 2 fully saturated rings. The van der Waals surface area contributed by atoms with Gasteiger partial charge in [-0.2, -0.15) is 0 Å². The summed E-state index contributed by atoms with van der Waals surface area (Å²) in [7, 11) is 0. The van der Waals surface area contributed by atoms with E-state index in [1.54, 1.807) is 6.08 Å². The lowest BCUT2D eigenvalue weighted by molar-refractivity contribution is -0.359. The summed E-state index contributed by atoms with van der Waals surface area (Å²) in [6.45, 7) is 2.69. The molecule has 0 aromatic rings. The molecule has 2 rings (SSSR count). The van der Waals surface area contributed by atoms with Crippen molar-refractivity contribution in [2.45, 2.75) is 325 Å². The van der Waals surface area contributed by atoms with Crippen LogP contribution in [-0.2, 0) is 23.7 Å². The molecule has 12 atom stereocenters. The second-order valence-corrected chi connectivity index (χ2v) is 22.5. The van der Waals surface area contributed by atoms with Gasteiger partial charge in [-0.05, 0) is 57.8 Å². The molecule has 0 aromatic carbocycles. The molecule has 0 bridgehead atoms. The minimum Gasteiger partial charge on any atom is -0.394 e. The van der Waals surface area contributed by atoms with E-state index in [2.05, 4.69) is 67.8 Å². The molecule has 2 heterocycles. The van der Waals surface area contributed by atoms with E-state index in [9.17, 15) is 45.6 Å². The SMILES string of the molecule is CC/C=C\C/C=C\C/C=C\C/C=C\CCCCCCCCC(=O)NC(COC1OC(CO)C(OC2OC(CO)C(O)C(O)C2O)C(O)C1O)C(O)/C=C/CCCCCCCCCCCCCCCCCCCCCCCCCC. The molecule has 14 nitrogen and oxygen atoms in total. The Morgan fingerprint density at radius 2 is 0.873 bits per heavy atom. The van der Waals surface area contributed by atoms with Crippen LogP contribution in [0.15, 0.2) is 60.8 Å². The second-order valence-electron chi connectivity index (χ2n) is 22.5. The molecular formula is C65H117NO13. The van der Waals surface area contributed by atoms with Crippen molar-refractivity contribution in [3.05, 3.63) is 60.8 Å². The summed E-state index contributed by atoms with van der Waals surface area (Å²) in [4.78, 5) is 13.3. The van der Waals surface area contributed by atoms with Gasteiger partial charge in [-0.25, -0.2) is 0 Å². The zero-order chi connectivity index (χ0) is 57.4. The van der Waals surface area contributed by atoms with Crippen LogP contribution in [0.5, 0.6) is 0 Å². The number of carbonyl (C=O) groups excluding carboxylic acids is 1. The maximum Gasteiger partial charge on any atom is 0.220 e. The van der Waals surface area contributed by atoms with Gasteiger partial charge in [-0.3, -0.25) is 4.79 Å². The number of rotatable bonds is 51. The van der Waals surface area contributed by atoms with Crippen molar-refractivity contribution in [2.75, 3.05) is 19.8 Å². The van der Waals surface area contributed by atoms with E-state index in [-0.39, 0.29) is 18.9 Å². The average molecular weight is 1120 g/mol. The maximum atomic E-state index is 13.3. The van der Waals surface area contributed by atoms with E-state index in [1.807, 2.05) is 6.08 Å². The Kier molecular flexibility index (Phi) is 46.3. The monoisotopic (exact) mass is 1120 g/mol. The van der Waals surface area contributed by atoms with Gasteiger partial charge in [0.25, 0.3) is 0 Å². The van der Waals surface area contributed by atoms with Crippen LogP contribution in [0.1, 0.15) is 251 Å². The number of unbranched alkanes of at least 4 members (excludes halogenated alkanes) is 30. The van der Waals surface area contributed by atoms with Crippen LogP contribution >= 0.6 is 0 Å². The third kappa shape index (κ3) is 35.4. The van der Waals surface area contributed by atoms with Crippen LogP contribution in [0.3, 0.4) is 0 Å². The lowest BCUT2D eigenvalue weighted by atomic mass is 9.97. The standard InChI is InChI=1S/C65H117NO13/c1-3-5-7-9-11-13-15-17-19-21-23-24-25-26-27-28-29-31-32-34-36-38-40-42-44-46-48-54(69)53(66-57(70)49-47-45-43-41-39-37-35-33-30-22-20-18-16-14-12-10-8-6-4-2)52-76-64-62(75)60(73)63(56(51-68)78-64)79-65-61(74)59(72)58(71)55(50-67)77-65/h6,8,12,14,18,20,30,33,46,48,53-56,58-65,67-69,71-75H,3-5,7,9-11,13,15-17,19,21-29,31-32,34-45,47,49-52H2,1-2H3,(H,66,70)/b8-6-,14-12-,20-18-,33-30-,48-46+. The molecule has 2 aliphatic rings. The van der Waals surface area contributed by atoms with Gasteiger partial charge in [0.05, 0.1) is 32.0 Å². The van der Waals surface area contributed by atoms with Gasteiger partial charge in [0.1, 0.15) is 48.8 Å². The molecule has 0 spiro atoms. The van der Waals surface area contributed by atoms with Crippen molar-refractivity contribution in [3.8, 4) is 0 Å². The van der Waals surface area contributed by atoms with Gasteiger partial charge < -0.3 is 65.1 Å². The Bertz CT molecular complexity index is 1560. The summed E-state index contributed by atoms with van der Waals surface area (Å²) >= 11 is 0. The molecule has 79 heavy (non-hydrogen) atoms. The van der Waals surface area contributed by atoms with Crippen LogP contribution in [-0.4, -0.2) is 140 Å². The van der Waals surface area contributed by atoms with Gasteiger partial charge >= 0.3 is 0 Å². The predicted molar refractivity (Wildman–Crippen MR) is 318 cm³/mol. The van der Waals surface area contributed by atoms with Gasteiger partial charge in [-0.15, -0.1) is 0 Å². The summed E-state index contributed by atoms with van der Waals surface area (Å²) in [5.41, 5.74) is 0. The first-order valence-corrected chi connectivity index (χ1v) is 32.0. The Hall–Kier alpha value is -2.31. The van der Waals surface area contributed by atoms with Gasteiger partial charge in [0.2, 0.25) is 5.91 Å². The van der Waals surface area contributed by atoms with Crippen molar-refractivity contribution in [2.24, 2.45) is 0 Å². The number of aliphatic hydroxyl groups excluding tert-OH is 8. The topological polar surface area (TPSA) is 228 Å². The van der Waals surface area contributed by atoms with Crippen molar-refractivity contribution in [1.82, 2.24) is 5.32 Å². The Morgan fingerprint density at radius 1 is 0.468 bits per heavy atom. The molecule has 0 aromatic heterocycles. The highest BCUT2D eigenvalue weighted by atomic mass is 16.7. The minimum atomic E-state index is -1.79. The van der Waals surface area contributed by atoms with Crippen molar-refractivity contribution < 1.29 is 64.6 Å². The van der Waals surface area contributed by atoms with Crippen LogP contribution in [0.25, 0.3) is 0 Å². The lowest BCUT2D eigenvalue weighted by Gasteiger charge is -2.46. The van der Waals surface area contributed by atoms with E-state index in [0.29, 0.717) is 6.42 Å². The second kappa shape index (κ2) is 50.2. The molecule has 0 saturated carbocycles. The number of nitrogens with one attached hydrogen (secondary N) is 1. The number of amides is 1. The van der Waals surface area contributed by atoms with E-state index in [1.165, 1.54) is 141 Å².